The summed E-state index contributed by atoms with van der Waals surface area (Å²) in [6.45, 7) is 16.7. The quantitative estimate of drug-likeness (QED) is 0.545. The minimum Gasteiger partial charge on any atom is -0.320 e. The zero-order chi connectivity index (χ0) is 18.1. The van der Waals surface area contributed by atoms with Crippen LogP contribution in [0.15, 0.2) is 12.1 Å². The molecular formula is C21H30N3OY+. The maximum atomic E-state index is 13.5. The predicted octanol–water partition coefficient (Wildman–Crippen LogP) is 4.73. The van der Waals surface area contributed by atoms with Crippen molar-refractivity contribution in [2.24, 2.45) is 0 Å². The molecule has 0 atom stereocenters. The Balaban J connectivity index is 0.00000243. The van der Waals surface area contributed by atoms with E-state index in [2.05, 4.69) is 17.1 Å². The molecule has 1 N–H and O–H groups in total. The molecule has 1 aromatic rings. The van der Waals surface area contributed by atoms with E-state index in [0.29, 0.717) is 5.69 Å². The first kappa shape index (κ1) is 21.5. The van der Waals surface area contributed by atoms with Crippen LogP contribution >= 0.6 is 0 Å². The van der Waals surface area contributed by atoms with Crippen molar-refractivity contribution in [3.8, 4) is 0 Å². The van der Waals surface area contributed by atoms with Crippen molar-refractivity contribution < 1.29 is 42.0 Å². The first-order chi connectivity index (χ1) is 12.0. The third-order valence-corrected chi connectivity index (χ3v) is 6.67. The minimum atomic E-state index is -0.244. The van der Waals surface area contributed by atoms with Crippen LogP contribution in [-0.4, -0.2) is 35.6 Å². The monoisotopic (exact) mass is 429 g/mol. The molecule has 1 aliphatic carbocycles. The fourth-order valence-electron chi connectivity index (χ4n) is 5.03. The molecule has 1 saturated heterocycles. The van der Waals surface area contributed by atoms with Gasteiger partial charge < -0.3 is 9.80 Å². The van der Waals surface area contributed by atoms with Crippen molar-refractivity contribution in [3.63, 3.8) is 0 Å². The van der Waals surface area contributed by atoms with Crippen LogP contribution in [-0.2, 0) is 37.5 Å². The normalized spacial score (nSPS) is 20.2. The van der Waals surface area contributed by atoms with Crippen molar-refractivity contribution in [1.82, 2.24) is 0 Å². The third-order valence-electron chi connectivity index (χ3n) is 6.67. The van der Waals surface area contributed by atoms with Gasteiger partial charge in [0, 0.05) is 51.2 Å². The van der Waals surface area contributed by atoms with E-state index in [-0.39, 0.29) is 44.2 Å². The van der Waals surface area contributed by atoms with Crippen molar-refractivity contribution in [2.45, 2.75) is 64.8 Å². The molecule has 2 fully saturated rings. The van der Waals surface area contributed by atoms with Crippen LogP contribution in [0, 0.1) is 20.4 Å². The Hall–Kier alpha value is -0.756. The van der Waals surface area contributed by atoms with Crippen molar-refractivity contribution in [2.75, 3.05) is 25.0 Å². The van der Waals surface area contributed by atoms with Crippen molar-refractivity contribution in [3.05, 3.63) is 34.7 Å². The number of amides is 1. The maximum absolute atomic E-state index is 13.5. The molecule has 2 aliphatic rings. The van der Waals surface area contributed by atoms with E-state index >= 15 is 0 Å². The fraction of sp³-hybridized carbons (Fsp3) is 0.619. The number of hydrogen-bond acceptors (Lipinski definition) is 1. The van der Waals surface area contributed by atoms with Gasteiger partial charge in [0.1, 0.15) is 0 Å². The summed E-state index contributed by atoms with van der Waals surface area (Å²) in [5.41, 5.74) is 3.26. The zero-order valence-corrected chi connectivity index (χ0v) is 19.2. The Morgan fingerprint density at radius 3 is 2.15 bits per heavy atom. The third kappa shape index (κ3) is 3.51. The first-order valence-corrected chi connectivity index (χ1v) is 9.64. The molecule has 0 unspecified atom stereocenters. The number of rotatable bonds is 4. The SMILES string of the molecule is [C-]#[N+]c1cc(C)c(NC(=O)C2([N+]3(CC)CCCCC3)CCC2)c(C)c1.[Y]. The van der Waals surface area contributed by atoms with E-state index < -0.39 is 0 Å². The number of carbonyl (C=O) groups excluding carboxylic acids is 1. The Morgan fingerprint density at radius 2 is 1.73 bits per heavy atom. The Kier molecular flexibility index (Phi) is 7.05. The summed E-state index contributed by atoms with van der Waals surface area (Å²) >= 11 is 0. The predicted molar refractivity (Wildman–Crippen MR) is 102 cm³/mol. The van der Waals surface area contributed by atoms with E-state index in [1.54, 1.807) is 0 Å². The van der Waals surface area contributed by atoms with E-state index in [4.69, 9.17) is 6.57 Å². The smallest absolute Gasteiger partial charge is 0.285 e. The van der Waals surface area contributed by atoms with Gasteiger partial charge in [0.25, 0.3) is 5.91 Å². The van der Waals surface area contributed by atoms with Crippen LogP contribution in [0.1, 0.15) is 56.6 Å². The number of hydrogen-bond donors (Lipinski definition) is 1. The zero-order valence-electron chi connectivity index (χ0n) is 16.4. The van der Waals surface area contributed by atoms with Gasteiger partial charge in [0.15, 0.2) is 11.2 Å². The van der Waals surface area contributed by atoms with E-state index in [1.165, 1.54) is 19.3 Å². The van der Waals surface area contributed by atoms with Gasteiger partial charge in [-0.2, -0.15) is 0 Å². The number of quaternary nitrogens is 1. The molecule has 1 aliphatic heterocycles. The molecule has 137 valence electrons. The van der Waals surface area contributed by atoms with E-state index in [1.807, 2.05) is 26.0 Å². The van der Waals surface area contributed by atoms with Gasteiger partial charge in [-0.15, -0.1) is 0 Å². The Bertz CT molecular complexity index is 689. The standard InChI is InChI=1S/C21H29N3O.Y/c1-5-24(12-7-6-8-13-24)21(10-9-11-21)20(25)23-19-16(2)14-18(22-4)15-17(19)3;/h14-15H,5-13H2,1-3H3;/p+1. The molecular weight excluding hydrogens is 399 g/mol. The van der Waals surface area contributed by atoms with Gasteiger partial charge in [0.05, 0.1) is 26.2 Å². The van der Waals surface area contributed by atoms with Crippen LogP contribution in [0.3, 0.4) is 0 Å². The number of likely N-dealkylation sites (tertiary alicyclic amines) is 1. The largest absolute Gasteiger partial charge is 0.320 e. The number of carbonyl (C=O) groups is 1. The summed E-state index contributed by atoms with van der Waals surface area (Å²) in [5.74, 6) is 0.198. The number of nitrogens with one attached hydrogen (secondary N) is 1. The average Bonchev–Trinajstić information content (AvgIpc) is 2.57. The summed E-state index contributed by atoms with van der Waals surface area (Å²) in [6, 6.07) is 3.74. The van der Waals surface area contributed by atoms with Crippen molar-refractivity contribution in [1.29, 1.82) is 0 Å². The molecule has 0 aromatic heterocycles. The van der Waals surface area contributed by atoms with Gasteiger partial charge in [-0.25, -0.2) is 4.85 Å². The number of nitrogens with zero attached hydrogens (tertiary/aromatic N) is 2. The van der Waals surface area contributed by atoms with Gasteiger partial charge in [0.2, 0.25) is 0 Å². The summed E-state index contributed by atoms with van der Waals surface area (Å²) in [4.78, 5) is 17.0. The average molecular weight is 429 g/mol. The molecule has 3 rings (SSSR count). The number of aryl methyl sites for hydroxylation is 2. The number of benzene rings is 1. The number of piperidine rings is 1. The molecule has 1 aromatic carbocycles. The van der Waals surface area contributed by atoms with Gasteiger partial charge in [-0.3, -0.25) is 4.79 Å². The number of likely N-dealkylation sites (N-methyl/N-ethyl adjacent to an activating group) is 1. The summed E-state index contributed by atoms with van der Waals surface area (Å²) < 4.78 is 0.969. The van der Waals surface area contributed by atoms with E-state index in [0.717, 1.165) is 60.2 Å². The van der Waals surface area contributed by atoms with Gasteiger partial charge >= 0.3 is 0 Å². The van der Waals surface area contributed by atoms with Crippen LogP contribution < -0.4 is 5.32 Å². The van der Waals surface area contributed by atoms with Crippen molar-refractivity contribution >= 4 is 17.3 Å². The molecule has 1 heterocycles. The minimum absolute atomic E-state index is 0. The second kappa shape index (κ2) is 8.51. The molecule has 0 bridgehead atoms. The van der Waals surface area contributed by atoms with Crippen LogP contribution in [0.4, 0.5) is 11.4 Å². The van der Waals surface area contributed by atoms with Crippen LogP contribution in [0.5, 0.6) is 0 Å². The van der Waals surface area contributed by atoms with E-state index in [9.17, 15) is 4.79 Å². The Morgan fingerprint density at radius 1 is 1.15 bits per heavy atom. The molecule has 5 heteroatoms. The maximum Gasteiger partial charge on any atom is 0.285 e. The molecule has 1 saturated carbocycles. The molecule has 1 radical (unpaired) electrons. The van der Waals surface area contributed by atoms with Gasteiger partial charge in [-0.05, 0) is 57.6 Å². The molecule has 0 spiro atoms. The second-order valence-electron chi connectivity index (χ2n) is 7.87. The number of anilines is 1. The van der Waals surface area contributed by atoms with Crippen LogP contribution in [0.25, 0.3) is 4.85 Å². The molecule has 1 amide bonds. The Labute approximate surface area is 183 Å². The fourth-order valence-corrected chi connectivity index (χ4v) is 5.03. The molecule has 4 nitrogen and oxygen atoms in total. The molecule has 26 heavy (non-hydrogen) atoms. The first-order valence-electron chi connectivity index (χ1n) is 9.64. The summed E-state index contributed by atoms with van der Waals surface area (Å²) in [7, 11) is 0. The van der Waals surface area contributed by atoms with Crippen LogP contribution in [0.2, 0.25) is 0 Å². The summed E-state index contributed by atoms with van der Waals surface area (Å²) in [6.07, 6.45) is 6.94. The second-order valence-corrected chi connectivity index (χ2v) is 7.87. The van der Waals surface area contributed by atoms with Gasteiger partial charge in [-0.1, -0.05) is 12.1 Å². The summed E-state index contributed by atoms with van der Waals surface area (Å²) in [5, 5.41) is 3.27. The topological polar surface area (TPSA) is 33.5 Å².